The van der Waals surface area contributed by atoms with E-state index in [4.69, 9.17) is 8.94 Å². The first kappa shape index (κ1) is 15.9. The predicted molar refractivity (Wildman–Crippen MR) is 93.4 cm³/mol. The Morgan fingerprint density at radius 2 is 1.88 bits per heavy atom. The Bertz CT molecular complexity index is 917. The van der Waals surface area contributed by atoms with Gasteiger partial charge in [0.1, 0.15) is 5.58 Å². The van der Waals surface area contributed by atoms with Crippen LogP contribution >= 0.6 is 0 Å². The normalized spacial score (nSPS) is 15.5. The molecule has 1 aliphatic heterocycles. The summed E-state index contributed by atoms with van der Waals surface area (Å²) in [7, 11) is 0. The van der Waals surface area contributed by atoms with Gasteiger partial charge in [0.25, 0.3) is 0 Å². The number of rotatable bonds is 2. The molecule has 4 rings (SSSR count). The number of hydrogen-bond donors (Lipinski definition) is 0. The predicted octanol–water partition coefficient (Wildman–Crippen LogP) is 4.12. The minimum Gasteiger partial charge on any atom is -0.452 e. The molecule has 25 heavy (non-hydrogen) atoms. The van der Waals surface area contributed by atoms with Crippen LogP contribution in [0.25, 0.3) is 22.6 Å². The lowest BCUT2D eigenvalue weighted by molar-refractivity contribution is 0.0711. The molecule has 6 nitrogen and oxygen atoms in total. The van der Waals surface area contributed by atoms with E-state index in [1.165, 1.54) is 0 Å². The number of nitrogens with zero attached hydrogens (tertiary/aromatic N) is 3. The molecule has 1 saturated heterocycles. The van der Waals surface area contributed by atoms with Gasteiger partial charge in [-0.3, -0.25) is 4.79 Å². The summed E-state index contributed by atoms with van der Waals surface area (Å²) >= 11 is 0. The number of benzene rings is 1. The van der Waals surface area contributed by atoms with Crippen molar-refractivity contribution in [2.24, 2.45) is 0 Å². The van der Waals surface area contributed by atoms with E-state index in [2.05, 4.69) is 10.1 Å². The van der Waals surface area contributed by atoms with E-state index >= 15 is 0 Å². The largest absolute Gasteiger partial charge is 0.452 e. The molecule has 1 aliphatic rings. The second-order valence-electron chi connectivity index (χ2n) is 6.64. The third-order valence-electron chi connectivity index (χ3n) is 4.87. The highest BCUT2D eigenvalue weighted by atomic mass is 16.5. The minimum absolute atomic E-state index is 0.0356. The Morgan fingerprint density at radius 1 is 1.12 bits per heavy atom. The monoisotopic (exact) mass is 339 g/mol. The van der Waals surface area contributed by atoms with Gasteiger partial charge in [-0.2, -0.15) is 4.98 Å². The third kappa shape index (κ3) is 2.81. The van der Waals surface area contributed by atoms with Gasteiger partial charge in [-0.15, -0.1) is 0 Å². The summed E-state index contributed by atoms with van der Waals surface area (Å²) in [6.45, 7) is 5.46. The van der Waals surface area contributed by atoms with Crippen LogP contribution in [0.5, 0.6) is 0 Å². The van der Waals surface area contributed by atoms with Crippen LogP contribution in [0.4, 0.5) is 0 Å². The van der Waals surface area contributed by atoms with Crippen molar-refractivity contribution in [1.82, 2.24) is 15.0 Å². The van der Waals surface area contributed by atoms with Gasteiger partial charge >= 0.3 is 11.8 Å². The molecule has 0 saturated carbocycles. The molecule has 1 fully saturated rings. The van der Waals surface area contributed by atoms with Crippen LogP contribution < -0.4 is 0 Å². The number of amides is 1. The van der Waals surface area contributed by atoms with E-state index in [0.717, 1.165) is 60.9 Å². The molecule has 130 valence electrons. The standard InChI is InChI=1S/C19H21N3O3/c1-12-8-7-9-14-13(2)16(24-15(12)14)17-20-18(25-21-17)19(23)22-10-5-3-4-6-11-22/h7-9H,3-6,10-11H2,1-2H3. The van der Waals surface area contributed by atoms with Gasteiger partial charge in [0, 0.05) is 24.0 Å². The number of hydrogen-bond acceptors (Lipinski definition) is 5. The molecule has 1 amide bonds. The lowest BCUT2D eigenvalue weighted by Crippen LogP contribution is -2.32. The van der Waals surface area contributed by atoms with E-state index in [-0.39, 0.29) is 11.8 Å². The quantitative estimate of drug-likeness (QED) is 0.702. The number of aromatic nitrogens is 2. The van der Waals surface area contributed by atoms with E-state index in [0.29, 0.717) is 11.6 Å². The molecule has 1 aromatic carbocycles. The number of furan rings is 1. The maximum atomic E-state index is 12.6. The van der Waals surface area contributed by atoms with Crippen molar-refractivity contribution >= 4 is 16.9 Å². The number of fused-ring (bicyclic) bond motifs is 1. The van der Waals surface area contributed by atoms with Crippen LogP contribution in [0.2, 0.25) is 0 Å². The highest BCUT2D eigenvalue weighted by Gasteiger charge is 2.25. The average Bonchev–Trinajstić information content (AvgIpc) is 3.11. The highest BCUT2D eigenvalue weighted by Crippen LogP contribution is 2.33. The van der Waals surface area contributed by atoms with E-state index in [9.17, 15) is 4.79 Å². The SMILES string of the molecule is Cc1c(-c2noc(C(=O)N3CCCCCC3)n2)oc2c(C)cccc12. The highest BCUT2D eigenvalue weighted by molar-refractivity contribution is 5.91. The first-order valence-electron chi connectivity index (χ1n) is 8.77. The fourth-order valence-electron chi connectivity index (χ4n) is 3.41. The van der Waals surface area contributed by atoms with E-state index in [1.54, 1.807) is 4.90 Å². The second-order valence-corrected chi connectivity index (χ2v) is 6.64. The van der Waals surface area contributed by atoms with Crippen LogP contribution in [-0.4, -0.2) is 34.0 Å². The maximum Gasteiger partial charge on any atom is 0.316 e. The fraction of sp³-hybridized carbons (Fsp3) is 0.421. The van der Waals surface area contributed by atoms with Gasteiger partial charge in [-0.1, -0.05) is 36.2 Å². The van der Waals surface area contributed by atoms with Gasteiger partial charge in [-0.25, -0.2) is 0 Å². The Hall–Kier alpha value is -2.63. The minimum atomic E-state index is -0.189. The summed E-state index contributed by atoms with van der Waals surface area (Å²) in [5.41, 5.74) is 2.82. The number of carbonyl (C=O) groups excluding carboxylic acids is 1. The van der Waals surface area contributed by atoms with Gasteiger partial charge in [0.05, 0.1) is 0 Å². The first-order valence-corrected chi connectivity index (χ1v) is 8.77. The zero-order valence-electron chi connectivity index (χ0n) is 14.5. The topological polar surface area (TPSA) is 72.4 Å². The van der Waals surface area contributed by atoms with Gasteiger partial charge in [0.2, 0.25) is 5.82 Å². The number of carbonyl (C=O) groups is 1. The molecule has 2 aromatic heterocycles. The molecule has 0 bridgehead atoms. The average molecular weight is 339 g/mol. The number of likely N-dealkylation sites (tertiary alicyclic amines) is 1. The van der Waals surface area contributed by atoms with Crippen LogP contribution in [0.3, 0.4) is 0 Å². The zero-order valence-corrected chi connectivity index (χ0v) is 14.5. The molecule has 0 spiro atoms. The summed E-state index contributed by atoms with van der Waals surface area (Å²) in [5.74, 6) is 0.730. The molecule has 0 N–H and O–H groups in total. The van der Waals surface area contributed by atoms with Crippen molar-refractivity contribution in [2.75, 3.05) is 13.1 Å². The Labute approximate surface area is 145 Å². The van der Waals surface area contributed by atoms with Gasteiger partial charge in [0.15, 0.2) is 5.76 Å². The van der Waals surface area contributed by atoms with E-state index in [1.807, 2.05) is 32.0 Å². The molecule has 6 heteroatoms. The molecule has 0 radical (unpaired) electrons. The Kier molecular flexibility index (Phi) is 4.03. The van der Waals surface area contributed by atoms with Crippen molar-refractivity contribution in [3.8, 4) is 11.6 Å². The van der Waals surface area contributed by atoms with E-state index < -0.39 is 0 Å². The Balaban J connectivity index is 1.66. The van der Waals surface area contributed by atoms with Gasteiger partial charge < -0.3 is 13.8 Å². The van der Waals surface area contributed by atoms with Crippen LogP contribution in [0.15, 0.2) is 27.1 Å². The van der Waals surface area contributed by atoms with Gasteiger partial charge in [-0.05, 0) is 32.3 Å². The van der Waals surface area contributed by atoms with Crippen molar-refractivity contribution in [3.05, 3.63) is 35.2 Å². The van der Waals surface area contributed by atoms with Crippen molar-refractivity contribution < 1.29 is 13.7 Å². The third-order valence-corrected chi connectivity index (χ3v) is 4.87. The summed E-state index contributed by atoms with van der Waals surface area (Å²) in [4.78, 5) is 18.7. The fourth-order valence-corrected chi connectivity index (χ4v) is 3.41. The van der Waals surface area contributed by atoms with Crippen molar-refractivity contribution in [3.63, 3.8) is 0 Å². The summed E-state index contributed by atoms with van der Waals surface area (Å²) < 4.78 is 11.2. The number of aryl methyl sites for hydroxylation is 2. The smallest absolute Gasteiger partial charge is 0.316 e. The molecular weight excluding hydrogens is 318 g/mol. The molecule has 0 unspecified atom stereocenters. The van der Waals surface area contributed by atoms with Crippen LogP contribution in [0, 0.1) is 13.8 Å². The maximum absolute atomic E-state index is 12.6. The molecular formula is C19H21N3O3. The molecule has 3 heterocycles. The summed E-state index contributed by atoms with van der Waals surface area (Å²) in [6.07, 6.45) is 4.37. The van der Waals surface area contributed by atoms with Crippen molar-refractivity contribution in [1.29, 1.82) is 0 Å². The lowest BCUT2D eigenvalue weighted by atomic mass is 10.1. The van der Waals surface area contributed by atoms with Crippen molar-refractivity contribution in [2.45, 2.75) is 39.5 Å². The first-order chi connectivity index (χ1) is 12.1. The van der Waals surface area contributed by atoms with Crippen LogP contribution in [-0.2, 0) is 0 Å². The summed E-state index contributed by atoms with van der Waals surface area (Å²) in [5, 5.41) is 5.01. The zero-order chi connectivity index (χ0) is 17.4. The molecule has 0 aliphatic carbocycles. The molecule has 0 atom stereocenters. The van der Waals surface area contributed by atoms with Crippen LogP contribution in [0.1, 0.15) is 47.5 Å². The number of para-hydroxylation sites is 1. The Morgan fingerprint density at radius 3 is 2.60 bits per heavy atom. The molecule has 3 aromatic rings. The summed E-state index contributed by atoms with van der Waals surface area (Å²) in [6, 6.07) is 6.00. The lowest BCUT2D eigenvalue weighted by Gasteiger charge is -2.17. The second kappa shape index (κ2) is 6.35.